The summed E-state index contributed by atoms with van der Waals surface area (Å²) in [6.45, 7) is 4.04. The smallest absolute Gasteiger partial charge is 0.203 e. The summed E-state index contributed by atoms with van der Waals surface area (Å²) in [6, 6.07) is 8.34. The first-order valence-corrected chi connectivity index (χ1v) is 6.79. The molecule has 2 aromatic rings. The fourth-order valence-corrected chi connectivity index (χ4v) is 2.53. The Hall–Kier alpha value is -2.01. The molecular formula is C15H19N3O2. The van der Waals surface area contributed by atoms with E-state index in [1.165, 1.54) is 5.56 Å². The van der Waals surface area contributed by atoms with Gasteiger partial charge in [0, 0.05) is 25.4 Å². The summed E-state index contributed by atoms with van der Waals surface area (Å²) in [4.78, 5) is 4.54. The lowest BCUT2D eigenvalue weighted by atomic mass is 10.1. The van der Waals surface area contributed by atoms with Crippen molar-refractivity contribution < 1.29 is 9.47 Å². The number of fused-ring (bicyclic) bond motifs is 1. The first kappa shape index (κ1) is 13.0. The Morgan fingerprint density at radius 1 is 1.45 bits per heavy atom. The molecule has 0 spiro atoms. The van der Waals surface area contributed by atoms with Crippen molar-refractivity contribution in [1.29, 1.82) is 0 Å². The third-order valence-corrected chi connectivity index (χ3v) is 3.45. The van der Waals surface area contributed by atoms with Crippen molar-refractivity contribution in [3.8, 4) is 5.75 Å². The molecule has 106 valence electrons. The highest BCUT2D eigenvalue weighted by Crippen LogP contribution is 2.36. The van der Waals surface area contributed by atoms with Crippen LogP contribution in [0.15, 0.2) is 30.5 Å². The number of anilines is 1. The maximum atomic E-state index is 5.75. The van der Waals surface area contributed by atoms with Crippen LogP contribution in [0.25, 0.3) is 0 Å². The van der Waals surface area contributed by atoms with Crippen LogP contribution in [0.2, 0.25) is 0 Å². The number of aryl methyl sites for hydroxylation is 1. The topological polar surface area (TPSA) is 48.3 Å². The second-order valence-electron chi connectivity index (χ2n) is 4.90. The van der Waals surface area contributed by atoms with Crippen LogP contribution in [0, 0.1) is 6.92 Å². The zero-order valence-electron chi connectivity index (χ0n) is 11.8. The molecule has 0 radical (unpaired) electrons. The maximum absolute atomic E-state index is 5.75. The second-order valence-corrected chi connectivity index (χ2v) is 4.90. The standard InChI is InChI=1S/C15H19N3O2/c1-11-9-18(15(17-11)16-7-8-19-2)13-10-20-14-6-4-3-5-12(13)14/h3-6,9,13H,7-8,10H2,1-2H3,(H,16,17). The predicted molar refractivity (Wildman–Crippen MR) is 77.4 cm³/mol. The first-order chi connectivity index (χ1) is 9.79. The largest absolute Gasteiger partial charge is 0.491 e. The minimum atomic E-state index is 0.178. The van der Waals surface area contributed by atoms with Crippen LogP contribution in [0.1, 0.15) is 17.3 Å². The molecule has 1 aromatic heterocycles. The van der Waals surface area contributed by atoms with E-state index >= 15 is 0 Å². The molecule has 0 amide bonds. The number of para-hydroxylation sites is 1. The highest BCUT2D eigenvalue weighted by atomic mass is 16.5. The van der Waals surface area contributed by atoms with Crippen molar-refractivity contribution in [2.75, 3.05) is 32.2 Å². The van der Waals surface area contributed by atoms with Crippen LogP contribution in [0.5, 0.6) is 5.75 Å². The minimum Gasteiger partial charge on any atom is -0.491 e. The highest BCUT2D eigenvalue weighted by Gasteiger charge is 2.27. The Kier molecular flexibility index (Phi) is 3.60. The number of imidazole rings is 1. The number of benzene rings is 1. The van der Waals surface area contributed by atoms with Gasteiger partial charge in [-0.15, -0.1) is 0 Å². The zero-order valence-corrected chi connectivity index (χ0v) is 11.8. The molecule has 1 N–H and O–H groups in total. The van der Waals surface area contributed by atoms with Crippen LogP contribution in [0.4, 0.5) is 5.95 Å². The van der Waals surface area contributed by atoms with Crippen LogP contribution in [-0.2, 0) is 4.74 Å². The van der Waals surface area contributed by atoms with E-state index in [1.807, 2.05) is 25.1 Å². The Morgan fingerprint density at radius 2 is 2.30 bits per heavy atom. The molecule has 0 bridgehead atoms. The first-order valence-electron chi connectivity index (χ1n) is 6.79. The molecule has 0 saturated heterocycles. The predicted octanol–water partition coefficient (Wildman–Crippen LogP) is 2.23. The van der Waals surface area contributed by atoms with Crippen molar-refractivity contribution in [3.05, 3.63) is 41.7 Å². The summed E-state index contributed by atoms with van der Waals surface area (Å²) >= 11 is 0. The van der Waals surface area contributed by atoms with Gasteiger partial charge in [0.05, 0.1) is 18.3 Å². The molecule has 1 atom stereocenters. The molecule has 5 heteroatoms. The van der Waals surface area contributed by atoms with E-state index in [0.29, 0.717) is 13.2 Å². The Bertz CT molecular complexity index is 595. The summed E-state index contributed by atoms with van der Waals surface area (Å²) in [5.74, 6) is 1.83. The van der Waals surface area contributed by atoms with Crippen molar-refractivity contribution in [1.82, 2.24) is 9.55 Å². The van der Waals surface area contributed by atoms with E-state index in [9.17, 15) is 0 Å². The molecular weight excluding hydrogens is 254 g/mol. The fourth-order valence-electron chi connectivity index (χ4n) is 2.53. The van der Waals surface area contributed by atoms with Gasteiger partial charge in [-0.1, -0.05) is 18.2 Å². The van der Waals surface area contributed by atoms with Crippen molar-refractivity contribution in [2.45, 2.75) is 13.0 Å². The summed E-state index contributed by atoms with van der Waals surface area (Å²) < 4.78 is 13.0. The molecule has 1 aromatic carbocycles. The normalized spacial score (nSPS) is 16.8. The third-order valence-electron chi connectivity index (χ3n) is 3.45. The lowest BCUT2D eigenvalue weighted by molar-refractivity contribution is 0.210. The molecule has 0 aliphatic carbocycles. The van der Waals surface area contributed by atoms with Gasteiger partial charge in [0.2, 0.25) is 5.95 Å². The quantitative estimate of drug-likeness (QED) is 0.849. The van der Waals surface area contributed by atoms with Gasteiger partial charge in [0.1, 0.15) is 12.4 Å². The fraction of sp³-hybridized carbons (Fsp3) is 0.400. The SMILES string of the molecule is COCCNc1nc(C)cn1C1COc2ccccc21. The summed E-state index contributed by atoms with van der Waals surface area (Å²) in [6.07, 6.45) is 2.06. The van der Waals surface area contributed by atoms with Gasteiger partial charge in [-0.05, 0) is 13.0 Å². The number of nitrogens with zero attached hydrogens (tertiary/aromatic N) is 2. The molecule has 3 rings (SSSR count). The maximum Gasteiger partial charge on any atom is 0.203 e. The lowest BCUT2D eigenvalue weighted by Gasteiger charge is -2.15. The Labute approximate surface area is 118 Å². The average Bonchev–Trinajstić information content (AvgIpc) is 3.02. The molecule has 5 nitrogen and oxygen atoms in total. The molecule has 20 heavy (non-hydrogen) atoms. The number of ether oxygens (including phenoxy) is 2. The number of nitrogens with one attached hydrogen (secondary N) is 1. The third kappa shape index (κ3) is 2.36. The minimum absolute atomic E-state index is 0.178. The van der Waals surface area contributed by atoms with Crippen LogP contribution >= 0.6 is 0 Å². The van der Waals surface area contributed by atoms with Gasteiger partial charge in [0.25, 0.3) is 0 Å². The van der Waals surface area contributed by atoms with Gasteiger partial charge in [-0.2, -0.15) is 0 Å². The van der Waals surface area contributed by atoms with Crippen LogP contribution in [0.3, 0.4) is 0 Å². The Morgan fingerprint density at radius 3 is 3.15 bits per heavy atom. The second kappa shape index (κ2) is 5.54. The number of rotatable bonds is 5. The highest BCUT2D eigenvalue weighted by molar-refractivity contribution is 5.42. The van der Waals surface area contributed by atoms with E-state index in [2.05, 4.69) is 27.1 Å². The van der Waals surface area contributed by atoms with E-state index < -0.39 is 0 Å². The van der Waals surface area contributed by atoms with Gasteiger partial charge in [-0.3, -0.25) is 0 Å². The van der Waals surface area contributed by atoms with Crippen molar-refractivity contribution in [2.24, 2.45) is 0 Å². The number of hydrogen-bond donors (Lipinski definition) is 1. The van der Waals surface area contributed by atoms with Gasteiger partial charge < -0.3 is 19.4 Å². The van der Waals surface area contributed by atoms with Crippen LogP contribution < -0.4 is 10.1 Å². The van der Waals surface area contributed by atoms with E-state index in [4.69, 9.17) is 9.47 Å². The lowest BCUT2D eigenvalue weighted by Crippen LogP contribution is -2.17. The molecule has 2 heterocycles. The van der Waals surface area contributed by atoms with Gasteiger partial charge >= 0.3 is 0 Å². The molecule has 0 saturated carbocycles. The van der Waals surface area contributed by atoms with Crippen molar-refractivity contribution >= 4 is 5.95 Å². The molecule has 1 aliphatic heterocycles. The van der Waals surface area contributed by atoms with E-state index in [0.717, 1.165) is 23.9 Å². The zero-order chi connectivity index (χ0) is 13.9. The van der Waals surface area contributed by atoms with Gasteiger partial charge in [-0.25, -0.2) is 4.98 Å². The van der Waals surface area contributed by atoms with Crippen molar-refractivity contribution in [3.63, 3.8) is 0 Å². The molecule has 1 unspecified atom stereocenters. The van der Waals surface area contributed by atoms with E-state index in [1.54, 1.807) is 7.11 Å². The van der Waals surface area contributed by atoms with E-state index in [-0.39, 0.29) is 6.04 Å². The summed E-state index contributed by atoms with van der Waals surface area (Å²) in [5, 5.41) is 3.31. The van der Waals surface area contributed by atoms with Crippen LogP contribution in [-0.4, -0.2) is 36.4 Å². The summed E-state index contributed by atoms with van der Waals surface area (Å²) in [5.41, 5.74) is 2.20. The molecule has 0 fully saturated rings. The number of aromatic nitrogens is 2. The van der Waals surface area contributed by atoms with Gasteiger partial charge in [0.15, 0.2) is 0 Å². The number of methoxy groups -OCH3 is 1. The average molecular weight is 273 g/mol. The summed E-state index contributed by atoms with van der Waals surface area (Å²) in [7, 11) is 1.69. The Balaban J connectivity index is 1.87. The number of hydrogen-bond acceptors (Lipinski definition) is 4. The monoisotopic (exact) mass is 273 g/mol. The molecule has 1 aliphatic rings.